The van der Waals surface area contributed by atoms with E-state index in [2.05, 4.69) is 5.32 Å². The van der Waals surface area contributed by atoms with Gasteiger partial charge >= 0.3 is 0 Å². The van der Waals surface area contributed by atoms with Crippen molar-refractivity contribution in [3.8, 4) is 0 Å². The maximum absolute atomic E-state index is 9.70. The van der Waals surface area contributed by atoms with Crippen LogP contribution in [-0.4, -0.2) is 36.0 Å². The number of rotatable bonds is 5. The lowest BCUT2D eigenvalue weighted by Crippen LogP contribution is -2.47. The van der Waals surface area contributed by atoms with E-state index in [1.54, 1.807) is 0 Å². The smallest absolute Gasteiger partial charge is 0.0499 e. The van der Waals surface area contributed by atoms with Crippen molar-refractivity contribution in [2.24, 2.45) is 11.3 Å². The molecule has 18 heavy (non-hydrogen) atoms. The van der Waals surface area contributed by atoms with Crippen LogP contribution in [0.15, 0.2) is 0 Å². The molecule has 0 radical (unpaired) electrons. The Hall–Kier alpha value is -0.120. The molecule has 2 atom stereocenters. The van der Waals surface area contributed by atoms with Crippen molar-refractivity contribution in [2.75, 3.05) is 19.8 Å². The van der Waals surface area contributed by atoms with Crippen molar-refractivity contribution < 1.29 is 10.2 Å². The van der Waals surface area contributed by atoms with Crippen LogP contribution in [0, 0.1) is 11.3 Å². The van der Waals surface area contributed by atoms with Crippen molar-refractivity contribution in [2.45, 2.75) is 63.8 Å². The summed E-state index contributed by atoms with van der Waals surface area (Å²) in [5, 5.41) is 22.8. The van der Waals surface area contributed by atoms with Gasteiger partial charge in [0.2, 0.25) is 0 Å². The lowest BCUT2D eigenvalue weighted by molar-refractivity contribution is 0.0679. The average Bonchev–Trinajstić information content (AvgIpc) is 2.46. The first-order valence-electron chi connectivity index (χ1n) is 7.75. The summed E-state index contributed by atoms with van der Waals surface area (Å²) in [6.07, 6.45) is 11.0. The highest BCUT2D eigenvalue weighted by molar-refractivity contribution is 4.88. The van der Waals surface area contributed by atoms with Gasteiger partial charge in [-0.25, -0.2) is 0 Å². The predicted molar refractivity (Wildman–Crippen MR) is 73.4 cm³/mol. The molecule has 0 saturated heterocycles. The lowest BCUT2D eigenvalue weighted by Gasteiger charge is -2.39. The van der Waals surface area contributed by atoms with Crippen LogP contribution in [0.25, 0.3) is 0 Å². The molecular formula is C15H29NO2. The van der Waals surface area contributed by atoms with Crippen LogP contribution in [0.4, 0.5) is 0 Å². The third-order valence-corrected chi connectivity index (χ3v) is 5.13. The van der Waals surface area contributed by atoms with E-state index in [1.165, 1.54) is 38.5 Å². The minimum absolute atomic E-state index is 0.121. The van der Waals surface area contributed by atoms with E-state index in [1.807, 2.05) is 0 Å². The van der Waals surface area contributed by atoms with Gasteiger partial charge < -0.3 is 15.5 Å². The van der Waals surface area contributed by atoms with Crippen molar-refractivity contribution in [3.05, 3.63) is 0 Å². The molecule has 2 aliphatic rings. The highest BCUT2D eigenvalue weighted by atomic mass is 16.3. The predicted octanol–water partition coefficient (Wildman–Crippen LogP) is 2.07. The van der Waals surface area contributed by atoms with E-state index in [0.717, 1.165) is 25.8 Å². The summed E-state index contributed by atoms with van der Waals surface area (Å²) in [6.45, 7) is 1.56. The molecule has 3 nitrogen and oxygen atoms in total. The monoisotopic (exact) mass is 255 g/mol. The fourth-order valence-electron chi connectivity index (χ4n) is 3.74. The Morgan fingerprint density at radius 2 is 1.67 bits per heavy atom. The second kappa shape index (κ2) is 6.88. The Morgan fingerprint density at radius 1 is 0.944 bits per heavy atom. The molecule has 2 unspecified atom stereocenters. The normalized spacial score (nSPS) is 32.3. The molecule has 3 N–H and O–H groups in total. The molecule has 0 heterocycles. The van der Waals surface area contributed by atoms with Gasteiger partial charge in [0, 0.05) is 31.2 Å². The summed E-state index contributed by atoms with van der Waals surface area (Å²) in [5.41, 5.74) is 0.121. The zero-order chi connectivity index (χ0) is 12.8. The van der Waals surface area contributed by atoms with E-state index in [0.29, 0.717) is 25.2 Å². The number of aliphatic hydroxyl groups is 2. The highest BCUT2D eigenvalue weighted by Gasteiger charge is 2.33. The topological polar surface area (TPSA) is 52.5 Å². The molecule has 0 aliphatic heterocycles. The summed E-state index contributed by atoms with van der Waals surface area (Å²) in [7, 11) is 0. The zero-order valence-electron chi connectivity index (χ0n) is 11.5. The van der Waals surface area contributed by atoms with E-state index >= 15 is 0 Å². The maximum Gasteiger partial charge on any atom is 0.0499 e. The molecular weight excluding hydrogens is 226 g/mol. The Balaban J connectivity index is 1.84. The number of hydrogen-bond donors (Lipinski definition) is 3. The molecule has 0 aromatic rings. The Morgan fingerprint density at radius 3 is 2.33 bits per heavy atom. The fraction of sp³-hybridized carbons (Fsp3) is 1.00. The van der Waals surface area contributed by atoms with Gasteiger partial charge in [-0.3, -0.25) is 0 Å². The second-order valence-electron chi connectivity index (χ2n) is 6.43. The van der Waals surface area contributed by atoms with E-state index in [4.69, 9.17) is 0 Å². The van der Waals surface area contributed by atoms with E-state index in [9.17, 15) is 10.2 Å². The van der Waals surface area contributed by atoms with Gasteiger partial charge in [0.1, 0.15) is 0 Å². The van der Waals surface area contributed by atoms with Crippen LogP contribution >= 0.6 is 0 Å². The first-order chi connectivity index (χ1) is 8.79. The first kappa shape index (κ1) is 14.3. The average molecular weight is 255 g/mol. The molecule has 0 aromatic heterocycles. The van der Waals surface area contributed by atoms with Crippen molar-refractivity contribution in [1.82, 2.24) is 5.32 Å². The largest absolute Gasteiger partial charge is 0.396 e. The number of nitrogens with one attached hydrogen (secondary N) is 1. The second-order valence-corrected chi connectivity index (χ2v) is 6.43. The molecule has 2 rings (SSSR count). The van der Waals surface area contributed by atoms with E-state index in [-0.39, 0.29) is 5.41 Å². The molecule has 0 bridgehead atoms. The Bertz CT molecular complexity index is 239. The van der Waals surface area contributed by atoms with Crippen LogP contribution < -0.4 is 5.32 Å². The van der Waals surface area contributed by atoms with Gasteiger partial charge in [-0.2, -0.15) is 0 Å². The fourth-order valence-corrected chi connectivity index (χ4v) is 3.74. The van der Waals surface area contributed by atoms with Crippen molar-refractivity contribution >= 4 is 0 Å². The van der Waals surface area contributed by atoms with Crippen LogP contribution in [-0.2, 0) is 0 Å². The van der Waals surface area contributed by atoms with Gasteiger partial charge in [0.05, 0.1) is 0 Å². The number of hydrogen-bond acceptors (Lipinski definition) is 3. The zero-order valence-corrected chi connectivity index (χ0v) is 11.5. The summed E-state index contributed by atoms with van der Waals surface area (Å²) in [6, 6.07) is 0.467. The van der Waals surface area contributed by atoms with Gasteiger partial charge in [0.15, 0.2) is 0 Å². The third-order valence-electron chi connectivity index (χ3n) is 5.13. The third kappa shape index (κ3) is 3.46. The lowest BCUT2D eigenvalue weighted by atomic mass is 9.74. The van der Waals surface area contributed by atoms with Crippen molar-refractivity contribution in [3.63, 3.8) is 0 Å². The summed E-state index contributed by atoms with van der Waals surface area (Å²) in [4.78, 5) is 0. The highest BCUT2D eigenvalue weighted by Crippen LogP contribution is 2.36. The molecule has 0 amide bonds. The van der Waals surface area contributed by atoms with Crippen LogP contribution in [0.3, 0.4) is 0 Å². The SMILES string of the molecule is OCC1CCCCC1NCC1(CO)CCCCC1. The molecule has 2 saturated carbocycles. The minimum Gasteiger partial charge on any atom is -0.396 e. The van der Waals surface area contributed by atoms with Crippen LogP contribution in [0.1, 0.15) is 57.8 Å². The van der Waals surface area contributed by atoms with Gasteiger partial charge in [-0.1, -0.05) is 32.1 Å². The summed E-state index contributed by atoms with van der Waals surface area (Å²) < 4.78 is 0. The number of aliphatic hydroxyl groups excluding tert-OH is 2. The van der Waals surface area contributed by atoms with Gasteiger partial charge in [0.25, 0.3) is 0 Å². The summed E-state index contributed by atoms with van der Waals surface area (Å²) >= 11 is 0. The molecule has 0 spiro atoms. The quantitative estimate of drug-likeness (QED) is 0.705. The Kier molecular flexibility index (Phi) is 5.46. The molecule has 0 aromatic carbocycles. The first-order valence-corrected chi connectivity index (χ1v) is 7.75. The molecule has 2 aliphatic carbocycles. The maximum atomic E-state index is 9.70. The Labute approximate surface area is 111 Å². The van der Waals surface area contributed by atoms with E-state index < -0.39 is 0 Å². The molecule has 3 heteroatoms. The summed E-state index contributed by atoms with van der Waals surface area (Å²) in [5.74, 6) is 0.429. The van der Waals surface area contributed by atoms with Crippen LogP contribution in [0.2, 0.25) is 0 Å². The molecule has 106 valence electrons. The van der Waals surface area contributed by atoms with Gasteiger partial charge in [-0.05, 0) is 31.6 Å². The van der Waals surface area contributed by atoms with Gasteiger partial charge in [-0.15, -0.1) is 0 Å². The van der Waals surface area contributed by atoms with Crippen molar-refractivity contribution in [1.29, 1.82) is 0 Å². The standard InChI is InChI=1S/C15H29NO2/c17-10-13-6-2-3-7-14(13)16-11-15(12-18)8-4-1-5-9-15/h13-14,16-18H,1-12H2. The molecule has 2 fully saturated rings. The minimum atomic E-state index is 0.121. The van der Waals surface area contributed by atoms with Crippen LogP contribution in [0.5, 0.6) is 0 Å².